The second-order valence-corrected chi connectivity index (χ2v) is 5.88. The zero-order valence-corrected chi connectivity index (χ0v) is 12.6. The lowest BCUT2D eigenvalue weighted by atomic mass is 10.0. The summed E-state index contributed by atoms with van der Waals surface area (Å²) in [5, 5.41) is 9.29. The van der Waals surface area contributed by atoms with Gasteiger partial charge in [-0.25, -0.2) is 0 Å². The smallest absolute Gasteiger partial charge is 0.0451 e. The molecular weight excluding hydrogens is 236 g/mol. The van der Waals surface area contributed by atoms with E-state index in [2.05, 4.69) is 55.8 Å². The molecule has 0 saturated carbocycles. The molecule has 1 aromatic rings. The highest BCUT2D eigenvalue weighted by Crippen LogP contribution is 2.26. The number of aliphatic hydroxyl groups excluding tert-OH is 1. The first-order chi connectivity index (χ1) is 9.02. The Kier molecular flexibility index (Phi) is 4.48. The van der Waals surface area contributed by atoms with E-state index in [9.17, 15) is 5.11 Å². The van der Waals surface area contributed by atoms with Crippen molar-refractivity contribution >= 4 is 5.69 Å². The van der Waals surface area contributed by atoms with Gasteiger partial charge in [0, 0.05) is 37.5 Å². The maximum absolute atomic E-state index is 9.29. The number of anilines is 1. The normalized spacial score (nSPS) is 24.8. The van der Waals surface area contributed by atoms with Crippen LogP contribution in [0.15, 0.2) is 18.2 Å². The summed E-state index contributed by atoms with van der Waals surface area (Å²) < 4.78 is 0. The summed E-state index contributed by atoms with van der Waals surface area (Å²) in [7, 11) is 2.17. The van der Waals surface area contributed by atoms with Gasteiger partial charge in [-0.3, -0.25) is 4.90 Å². The summed E-state index contributed by atoms with van der Waals surface area (Å²) in [5.74, 6) is 0. The third kappa shape index (κ3) is 3.10. The summed E-state index contributed by atoms with van der Waals surface area (Å²) >= 11 is 0. The molecule has 0 aliphatic carbocycles. The van der Waals surface area contributed by atoms with Crippen LogP contribution in [0.5, 0.6) is 0 Å². The van der Waals surface area contributed by atoms with Gasteiger partial charge < -0.3 is 10.0 Å². The van der Waals surface area contributed by atoms with Gasteiger partial charge in [-0.2, -0.15) is 0 Å². The van der Waals surface area contributed by atoms with Crippen LogP contribution in [0, 0.1) is 13.8 Å². The van der Waals surface area contributed by atoms with Gasteiger partial charge in [-0.1, -0.05) is 6.07 Å². The molecule has 0 spiro atoms. The first-order valence-corrected chi connectivity index (χ1v) is 7.18. The summed E-state index contributed by atoms with van der Waals surface area (Å²) in [6, 6.07) is 7.65. The third-order valence-electron chi connectivity index (χ3n) is 4.44. The summed E-state index contributed by atoms with van der Waals surface area (Å²) in [4.78, 5) is 4.85. The Bertz CT molecular complexity index is 433. The van der Waals surface area contributed by atoms with E-state index in [1.54, 1.807) is 0 Å². The minimum atomic E-state index is 0.258. The van der Waals surface area contributed by atoms with E-state index < -0.39 is 0 Å². The molecule has 106 valence electrons. The van der Waals surface area contributed by atoms with Gasteiger partial charge in [0.05, 0.1) is 0 Å². The molecular formula is C16H26N2O. The van der Waals surface area contributed by atoms with Gasteiger partial charge in [-0.15, -0.1) is 0 Å². The van der Waals surface area contributed by atoms with Crippen LogP contribution in [0.4, 0.5) is 5.69 Å². The first-order valence-electron chi connectivity index (χ1n) is 7.18. The maximum Gasteiger partial charge on any atom is 0.0451 e. The zero-order chi connectivity index (χ0) is 14.0. The van der Waals surface area contributed by atoms with Crippen LogP contribution >= 0.6 is 0 Å². The standard InChI is InChI=1S/C16H26N2O/c1-12-5-6-15(9-13(12)2)18-10-14(3)17(4)11-16(18)7-8-19/h5-6,9,14,16,19H,7-8,10-11H2,1-4H3. The molecule has 1 N–H and O–H groups in total. The number of hydrogen-bond donors (Lipinski definition) is 1. The van der Waals surface area contributed by atoms with E-state index in [1.165, 1.54) is 16.8 Å². The molecule has 1 saturated heterocycles. The van der Waals surface area contributed by atoms with Crippen LogP contribution in [0.25, 0.3) is 0 Å². The molecule has 0 radical (unpaired) electrons. The van der Waals surface area contributed by atoms with Crippen molar-refractivity contribution in [1.82, 2.24) is 4.90 Å². The maximum atomic E-state index is 9.29. The second-order valence-electron chi connectivity index (χ2n) is 5.88. The van der Waals surface area contributed by atoms with E-state index in [4.69, 9.17) is 0 Å². The van der Waals surface area contributed by atoms with Crippen LogP contribution in [0.3, 0.4) is 0 Å². The molecule has 0 aromatic heterocycles. The number of aliphatic hydroxyl groups is 1. The monoisotopic (exact) mass is 262 g/mol. The lowest BCUT2D eigenvalue weighted by Crippen LogP contribution is -2.56. The van der Waals surface area contributed by atoms with Gasteiger partial charge in [0.2, 0.25) is 0 Å². The molecule has 1 aliphatic rings. The number of nitrogens with zero attached hydrogens (tertiary/aromatic N) is 2. The Labute approximate surface area is 116 Å². The van der Waals surface area contributed by atoms with E-state index >= 15 is 0 Å². The minimum Gasteiger partial charge on any atom is -0.396 e. The quantitative estimate of drug-likeness (QED) is 0.904. The molecule has 0 amide bonds. The van der Waals surface area contributed by atoms with Crippen LogP contribution in [-0.2, 0) is 0 Å². The Morgan fingerprint density at radius 2 is 1.95 bits per heavy atom. The molecule has 1 heterocycles. The second kappa shape index (κ2) is 5.93. The Balaban J connectivity index is 2.25. The number of rotatable bonds is 3. The van der Waals surface area contributed by atoms with Gasteiger partial charge in [0.25, 0.3) is 0 Å². The highest BCUT2D eigenvalue weighted by molar-refractivity contribution is 5.52. The van der Waals surface area contributed by atoms with E-state index in [-0.39, 0.29) is 6.61 Å². The molecule has 2 unspecified atom stereocenters. The van der Waals surface area contributed by atoms with Gasteiger partial charge in [-0.05, 0) is 57.5 Å². The average Bonchev–Trinajstić information content (AvgIpc) is 2.37. The highest BCUT2D eigenvalue weighted by atomic mass is 16.3. The van der Waals surface area contributed by atoms with Gasteiger partial charge in [0.1, 0.15) is 0 Å². The van der Waals surface area contributed by atoms with Gasteiger partial charge >= 0.3 is 0 Å². The molecule has 3 nitrogen and oxygen atoms in total. The Morgan fingerprint density at radius 3 is 2.58 bits per heavy atom. The van der Waals surface area contributed by atoms with Crippen molar-refractivity contribution in [3.63, 3.8) is 0 Å². The minimum absolute atomic E-state index is 0.258. The van der Waals surface area contributed by atoms with Crippen molar-refractivity contribution in [2.45, 2.75) is 39.3 Å². The Hall–Kier alpha value is -1.06. The van der Waals surface area contributed by atoms with Crippen LogP contribution in [0.2, 0.25) is 0 Å². The fourth-order valence-electron chi connectivity index (χ4n) is 2.80. The summed E-state index contributed by atoms with van der Waals surface area (Å²) in [5.41, 5.74) is 3.97. The molecule has 3 heteroatoms. The Morgan fingerprint density at radius 1 is 1.21 bits per heavy atom. The average molecular weight is 262 g/mol. The lowest BCUT2D eigenvalue weighted by molar-refractivity contribution is 0.177. The van der Waals surface area contributed by atoms with Crippen molar-refractivity contribution in [3.8, 4) is 0 Å². The highest BCUT2D eigenvalue weighted by Gasteiger charge is 2.29. The van der Waals surface area contributed by atoms with E-state index in [1.807, 2.05) is 0 Å². The van der Waals surface area contributed by atoms with Crippen molar-refractivity contribution < 1.29 is 5.11 Å². The van der Waals surface area contributed by atoms with Crippen molar-refractivity contribution in [2.24, 2.45) is 0 Å². The lowest BCUT2D eigenvalue weighted by Gasteiger charge is -2.45. The fraction of sp³-hybridized carbons (Fsp3) is 0.625. The van der Waals surface area contributed by atoms with Crippen molar-refractivity contribution in [3.05, 3.63) is 29.3 Å². The topological polar surface area (TPSA) is 26.7 Å². The molecule has 1 aromatic carbocycles. The molecule has 2 atom stereocenters. The largest absolute Gasteiger partial charge is 0.396 e. The van der Waals surface area contributed by atoms with Crippen LogP contribution in [0.1, 0.15) is 24.5 Å². The van der Waals surface area contributed by atoms with E-state index in [0.29, 0.717) is 12.1 Å². The number of aryl methyl sites for hydroxylation is 2. The summed E-state index contributed by atoms with van der Waals surface area (Å²) in [6.45, 7) is 8.89. The fourth-order valence-corrected chi connectivity index (χ4v) is 2.80. The van der Waals surface area contributed by atoms with Crippen LogP contribution < -0.4 is 4.90 Å². The number of likely N-dealkylation sites (N-methyl/N-ethyl adjacent to an activating group) is 1. The zero-order valence-electron chi connectivity index (χ0n) is 12.6. The summed E-state index contributed by atoms with van der Waals surface area (Å²) in [6.07, 6.45) is 0.837. The van der Waals surface area contributed by atoms with Crippen LogP contribution in [-0.4, -0.2) is 48.8 Å². The molecule has 2 rings (SSSR count). The SMILES string of the molecule is Cc1ccc(N2CC(C)N(C)CC2CCO)cc1C. The van der Waals surface area contributed by atoms with Gasteiger partial charge in [0.15, 0.2) is 0 Å². The molecule has 1 fully saturated rings. The third-order valence-corrected chi connectivity index (χ3v) is 4.44. The molecule has 0 bridgehead atoms. The van der Waals surface area contributed by atoms with Crippen molar-refractivity contribution in [1.29, 1.82) is 0 Å². The number of hydrogen-bond acceptors (Lipinski definition) is 3. The first kappa shape index (κ1) is 14.4. The van der Waals surface area contributed by atoms with Crippen molar-refractivity contribution in [2.75, 3.05) is 31.6 Å². The van der Waals surface area contributed by atoms with E-state index in [0.717, 1.165) is 19.5 Å². The molecule has 1 aliphatic heterocycles. The number of piperazine rings is 1. The predicted molar refractivity (Wildman–Crippen MR) is 80.8 cm³/mol. The number of benzene rings is 1. The molecule has 19 heavy (non-hydrogen) atoms. The predicted octanol–water partition coefficient (Wildman–Crippen LogP) is 2.19.